The van der Waals surface area contributed by atoms with E-state index in [1.165, 1.54) is 27.8 Å². The van der Waals surface area contributed by atoms with Crippen molar-refractivity contribution in [1.29, 1.82) is 0 Å². The summed E-state index contributed by atoms with van der Waals surface area (Å²) in [6, 6.07) is 0. The fourth-order valence-electron chi connectivity index (χ4n) is 0.222. The fraction of sp³-hybridized carbons (Fsp3) is 0.625. The molecule has 0 aromatic heterocycles. The molecule has 0 aliphatic heterocycles. The standard InChI is InChI=1S/C5H9NO2.C3H7NO/c1-4(7)6(3)5(2)8;1-3(5)4-2/h1-3H3;1-2H3,(H,4,5). The maximum absolute atomic E-state index is 10.3. The van der Waals surface area contributed by atoms with Gasteiger partial charge in [-0.2, -0.15) is 0 Å². The lowest BCUT2D eigenvalue weighted by Crippen LogP contribution is -2.28. The SMILES string of the molecule is CC(=O)N(C)C(C)=O.CNC(C)=O. The lowest BCUT2D eigenvalue weighted by atomic mass is 10.5. The maximum atomic E-state index is 10.3. The van der Waals surface area contributed by atoms with Crippen molar-refractivity contribution in [1.82, 2.24) is 10.2 Å². The van der Waals surface area contributed by atoms with Crippen LogP contribution in [0.25, 0.3) is 0 Å². The van der Waals surface area contributed by atoms with Crippen LogP contribution in [0.4, 0.5) is 0 Å². The first-order valence-corrected chi connectivity index (χ1v) is 3.76. The molecule has 1 N–H and O–H groups in total. The van der Waals surface area contributed by atoms with Crippen LogP contribution in [-0.2, 0) is 14.4 Å². The molecule has 5 heteroatoms. The summed E-state index contributed by atoms with van der Waals surface area (Å²) in [6.07, 6.45) is 0. The molecule has 0 spiro atoms. The van der Waals surface area contributed by atoms with Gasteiger partial charge in [-0.15, -0.1) is 0 Å². The Morgan fingerprint density at radius 1 is 1.00 bits per heavy atom. The van der Waals surface area contributed by atoms with Crippen molar-refractivity contribution in [2.75, 3.05) is 14.1 Å². The van der Waals surface area contributed by atoms with E-state index in [1.54, 1.807) is 7.05 Å². The van der Waals surface area contributed by atoms with Gasteiger partial charge in [0.1, 0.15) is 0 Å². The van der Waals surface area contributed by atoms with E-state index >= 15 is 0 Å². The first-order chi connectivity index (χ1) is 5.82. The van der Waals surface area contributed by atoms with Gasteiger partial charge in [0, 0.05) is 34.9 Å². The third kappa shape index (κ3) is 10.6. The van der Waals surface area contributed by atoms with Gasteiger partial charge in [-0.05, 0) is 0 Å². The first kappa shape index (κ1) is 14.2. The van der Waals surface area contributed by atoms with Crippen LogP contribution < -0.4 is 5.32 Å². The minimum Gasteiger partial charge on any atom is -0.359 e. The quantitative estimate of drug-likeness (QED) is 0.570. The fourth-order valence-corrected chi connectivity index (χ4v) is 0.222. The molecule has 0 heterocycles. The minimum atomic E-state index is -0.225. The lowest BCUT2D eigenvalue weighted by molar-refractivity contribution is -0.140. The second-order valence-corrected chi connectivity index (χ2v) is 2.40. The molecule has 0 aliphatic carbocycles. The largest absolute Gasteiger partial charge is 0.359 e. The normalized spacial score (nSPS) is 7.77. The average Bonchev–Trinajstić information content (AvgIpc) is 2.03. The second kappa shape index (κ2) is 7.27. The molecule has 0 saturated heterocycles. The molecule has 0 unspecified atom stereocenters. The Balaban J connectivity index is 0. The molecule has 0 saturated carbocycles. The number of nitrogens with zero attached hydrogens (tertiary/aromatic N) is 1. The Morgan fingerprint density at radius 3 is 1.23 bits per heavy atom. The topological polar surface area (TPSA) is 66.5 Å². The number of hydrogen-bond acceptors (Lipinski definition) is 3. The molecular formula is C8H16N2O3. The highest BCUT2D eigenvalue weighted by Crippen LogP contribution is 1.81. The van der Waals surface area contributed by atoms with Crippen molar-refractivity contribution in [2.24, 2.45) is 0 Å². The van der Waals surface area contributed by atoms with Crippen molar-refractivity contribution in [3.05, 3.63) is 0 Å². The molecule has 76 valence electrons. The number of amides is 3. The zero-order valence-corrected chi connectivity index (χ0v) is 8.67. The summed E-state index contributed by atoms with van der Waals surface area (Å²) in [6.45, 7) is 4.17. The predicted octanol–water partition coefficient (Wildman–Crippen LogP) is -0.236. The third-order valence-corrected chi connectivity index (χ3v) is 1.30. The van der Waals surface area contributed by atoms with E-state index in [1.807, 2.05) is 0 Å². The van der Waals surface area contributed by atoms with E-state index < -0.39 is 0 Å². The van der Waals surface area contributed by atoms with Gasteiger partial charge in [0.25, 0.3) is 0 Å². The molecule has 0 rings (SSSR count). The van der Waals surface area contributed by atoms with E-state index in [2.05, 4.69) is 5.32 Å². The second-order valence-electron chi connectivity index (χ2n) is 2.40. The van der Waals surface area contributed by atoms with Crippen LogP contribution in [0.15, 0.2) is 0 Å². The molecule has 13 heavy (non-hydrogen) atoms. The van der Waals surface area contributed by atoms with E-state index in [4.69, 9.17) is 0 Å². The molecular weight excluding hydrogens is 172 g/mol. The van der Waals surface area contributed by atoms with E-state index in [-0.39, 0.29) is 17.7 Å². The molecule has 0 bridgehead atoms. The molecule has 0 fully saturated rings. The Bertz CT molecular complexity index is 188. The van der Waals surface area contributed by atoms with Gasteiger partial charge in [-0.3, -0.25) is 19.3 Å². The van der Waals surface area contributed by atoms with Gasteiger partial charge in [-0.1, -0.05) is 0 Å². The van der Waals surface area contributed by atoms with E-state index in [0.717, 1.165) is 4.90 Å². The number of rotatable bonds is 0. The smallest absolute Gasteiger partial charge is 0.225 e. The Labute approximate surface area is 78.1 Å². The Hall–Kier alpha value is -1.39. The molecule has 0 radical (unpaired) electrons. The van der Waals surface area contributed by atoms with Crippen LogP contribution in [0.1, 0.15) is 20.8 Å². The van der Waals surface area contributed by atoms with Gasteiger partial charge in [0.2, 0.25) is 17.7 Å². The summed E-state index contributed by atoms with van der Waals surface area (Å²) < 4.78 is 0. The Kier molecular flexibility index (Phi) is 7.91. The molecule has 0 atom stereocenters. The molecule has 5 nitrogen and oxygen atoms in total. The third-order valence-electron chi connectivity index (χ3n) is 1.30. The van der Waals surface area contributed by atoms with Crippen LogP contribution in [0.3, 0.4) is 0 Å². The number of nitrogens with one attached hydrogen (secondary N) is 1. The number of hydrogen-bond donors (Lipinski definition) is 1. The van der Waals surface area contributed by atoms with E-state index in [9.17, 15) is 14.4 Å². The first-order valence-electron chi connectivity index (χ1n) is 3.76. The molecule has 3 amide bonds. The summed E-state index contributed by atoms with van der Waals surface area (Å²) in [4.78, 5) is 31.3. The zero-order chi connectivity index (χ0) is 11.0. The summed E-state index contributed by atoms with van der Waals surface area (Å²) >= 11 is 0. The monoisotopic (exact) mass is 188 g/mol. The van der Waals surface area contributed by atoms with Gasteiger partial charge >= 0.3 is 0 Å². The summed E-state index contributed by atoms with van der Waals surface area (Å²) in [7, 11) is 3.05. The number of imide groups is 1. The van der Waals surface area contributed by atoms with Crippen LogP contribution in [0, 0.1) is 0 Å². The van der Waals surface area contributed by atoms with Gasteiger partial charge in [0.05, 0.1) is 0 Å². The highest BCUT2D eigenvalue weighted by atomic mass is 16.2. The lowest BCUT2D eigenvalue weighted by Gasteiger charge is -2.07. The summed E-state index contributed by atoms with van der Waals surface area (Å²) in [5, 5.41) is 2.39. The molecule has 0 aromatic carbocycles. The maximum Gasteiger partial charge on any atom is 0.225 e. The number of carbonyl (C=O) groups is 3. The molecule has 0 aliphatic rings. The van der Waals surface area contributed by atoms with Gasteiger partial charge in [0.15, 0.2) is 0 Å². The summed E-state index contributed by atoms with van der Waals surface area (Å²) in [5.74, 6) is -0.444. The average molecular weight is 188 g/mol. The zero-order valence-electron chi connectivity index (χ0n) is 8.67. The highest BCUT2D eigenvalue weighted by Gasteiger charge is 2.04. The van der Waals surface area contributed by atoms with Crippen molar-refractivity contribution < 1.29 is 14.4 Å². The predicted molar refractivity (Wildman–Crippen MR) is 48.9 cm³/mol. The van der Waals surface area contributed by atoms with Gasteiger partial charge in [-0.25, -0.2) is 0 Å². The van der Waals surface area contributed by atoms with Crippen molar-refractivity contribution in [3.8, 4) is 0 Å². The van der Waals surface area contributed by atoms with E-state index in [0.29, 0.717) is 0 Å². The van der Waals surface area contributed by atoms with Crippen LogP contribution >= 0.6 is 0 Å². The van der Waals surface area contributed by atoms with Crippen molar-refractivity contribution in [2.45, 2.75) is 20.8 Å². The van der Waals surface area contributed by atoms with Crippen LogP contribution in [-0.4, -0.2) is 36.7 Å². The summed E-state index contributed by atoms with van der Waals surface area (Å²) in [5.41, 5.74) is 0. The van der Waals surface area contributed by atoms with Crippen molar-refractivity contribution >= 4 is 17.7 Å². The minimum absolute atomic E-state index is 0.00463. The molecule has 0 aromatic rings. The Morgan fingerprint density at radius 2 is 1.23 bits per heavy atom. The van der Waals surface area contributed by atoms with Crippen LogP contribution in [0.2, 0.25) is 0 Å². The van der Waals surface area contributed by atoms with Crippen LogP contribution in [0.5, 0.6) is 0 Å². The highest BCUT2D eigenvalue weighted by molar-refractivity contribution is 5.92. The number of carbonyl (C=O) groups excluding carboxylic acids is 3. The van der Waals surface area contributed by atoms with Crippen molar-refractivity contribution in [3.63, 3.8) is 0 Å². The van der Waals surface area contributed by atoms with Gasteiger partial charge < -0.3 is 5.32 Å².